The lowest BCUT2D eigenvalue weighted by Crippen LogP contribution is -2.48. The number of nitrogens with zero attached hydrogens (tertiary/aromatic N) is 1. The van der Waals surface area contributed by atoms with Crippen LogP contribution in [0.2, 0.25) is 0 Å². The van der Waals surface area contributed by atoms with E-state index in [4.69, 9.17) is 4.74 Å². The van der Waals surface area contributed by atoms with E-state index >= 15 is 0 Å². The van der Waals surface area contributed by atoms with Gasteiger partial charge in [-0.1, -0.05) is 31.5 Å². The maximum atomic E-state index is 12.0. The Morgan fingerprint density at radius 3 is 2.67 bits per heavy atom. The molecule has 2 rings (SSSR count). The highest BCUT2D eigenvalue weighted by atomic mass is 16.5. The molecule has 0 saturated carbocycles. The molecule has 1 aromatic rings. The topological polar surface area (TPSA) is 73.8 Å². The Morgan fingerprint density at radius 1 is 1.22 bits per heavy atom. The molecule has 1 unspecified atom stereocenters. The number of hydrogen-bond acceptors (Lipinski definition) is 4. The van der Waals surface area contributed by atoms with Crippen molar-refractivity contribution in [2.45, 2.75) is 57.6 Å². The van der Waals surface area contributed by atoms with Crippen molar-refractivity contribution in [1.29, 1.82) is 0 Å². The van der Waals surface area contributed by atoms with Crippen LogP contribution in [0.4, 0.5) is 4.79 Å². The lowest BCUT2D eigenvalue weighted by atomic mass is 10.0. The van der Waals surface area contributed by atoms with Crippen LogP contribution in [0, 0.1) is 0 Å². The number of hydrogen-bond donors (Lipinski definition) is 3. The second kappa shape index (κ2) is 12.6. The summed E-state index contributed by atoms with van der Waals surface area (Å²) in [7, 11) is 0. The van der Waals surface area contributed by atoms with Gasteiger partial charge >= 0.3 is 6.03 Å². The summed E-state index contributed by atoms with van der Waals surface area (Å²) in [5, 5.41) is 16.6. The molecule has 6 nitrogen and oxygen atoms in total. The molecule has 3 N–H and O–H groups in total. The molecule has 0 aromatic heterocycles. The number of rotatable bonds is 11. The van der Waals surface area contributed by atoms with Crippen molar-refractivity contribution in [3.05, 3.63) is 30.3 Å². The largest absolute Gasteiger partial charge is 0.491 e. The molecule has 2 amide bonds. The minimum Gasteiger partial charge on any atom is -0.491 e. The average molecular weight is 378 g/mol. The number of urea groups is 1. The fourth-order valence-electron chi connectivity index (χ4n) is 3.21. The number of nitrogens with one attached hydrogen (secondary N) is 2. The summed E-state index contributed by atoms with van der Waals surface area (Å²) >= 11 is 0. The number of ether oxygens (including phenoxy) is 1. The monoisotopic (exact) mass is 377 g/mol. The first-order valence-corrected chi connectivity index (χ1v) is 10.3. The van der Waals surface area contributed by atoms with E-state index in [1.807, 2.05) is 35.2 Å². The van der Waals surface area contributed by atoms with Crippen LogP contribution < -0.4 is 15.4 Å². The number of likely N-dealkylation sites (tertiary alicyclic amines) is 1. The van der Waals surface area contributed by atoms with Gasteiger partial charge in [-0.05, 0) is 50.8 Å². The normalized spacial score (nSPS) is 16.1. The number of para-hydroxylation sites is 1. The molecule has 1 fully saturated rings. The molecule has 152 valence electrons. The SMILES string of the molecule is CCCCNC(=O)N1CCC(NCCCC(O)COc2ccccc2)CC1. The molecule has 1 aliphatic heterocycles. The highest BCUT2D eigenvalue weighted by Crippen LogP contribution is 2.12. The van der Waals surface area contributed by atoms with Crippen molar-refractivity contribution in [1.82, 2.24) is 15.5 Å². The minimum absolute atomic E-state index is 0.0726. The van der Waals surface area contributed by atoms with E-state index in [0.717, 1.165) is 70.5 Å². The zero-order chi connectivity index (χ0) is 19.3. The quantitative estimate of drug-likeness (QED) is 0.519. The van der Waals surface area contributed by atoms with E-state index in [1.165, 1.54) is 0 Å². The summed E-state index contributed by atoms with van der Waals surface area (Å²) in [5.41, 5.74) is 0. The first-order chi connectivity index (χ1) is 13.2. The summed E-state index contributed by atoms with van der Waals surface area (Å²) in [4.78, 5) is 13.9. The first-order valence-electron chi connectivity index (χ1n) is 10.3. The highest BCUT2D eigenvalue weighted by molar-refractivity contribution is 5.74. The van der Waals surface area contributed by atoms with E-state index in [9.17, 15) is 9.90 Å². The van der Waals surface area contributed by atoms with Gasteiger partial charge < -0.3 is 25.4 Å². The van der Waals surface area contributed by atoms with Crippen LogP contribution in [-0.2, 0) is 0 Å². The van der Waals surface area contributed by atoms with Gasteiger partial charge in [-0.15, -0.1) is 0 Å². The molecular formula is C21H35N3O3. The Morgan fingerprint density at radius 2 is 1.96 bits per heavy atom. The highest BCUT2D eigenvalue weighted by Gasteiger charge is 2.22. The van der Waals surface area contributed by atoms with E-state index in [1.54, 1.807) is 0 Å². The van der Waals surface area contributed by atoms with Crippen LogP contribution >= 0.6 is 0 Å². The Kier molecular flexibility index (Phi) is 10.0. The number of piperidine rings is 1. The van der Waals surface area contributed by atoms with Gasteiger partial charge in [0.1, 0.15) is 12.4 Å². The maximum absolute atomic E-state index is 12.0. The third kappa shape index (κ3) is 8.63. The zero-order valence-electron chi connectivity index (χ0n) is 16.5. The van der Waals surface area contributed by atoms with Gasteiger partial charge in [0, 0.05) is 25.7 Å². The van der Waals surface area contributed by atoms with Crippen LogP contribution in [0.5, 0.6) is 5.75 Å². The third-order valence-electron chi connectivity index (χ3n) is 4.92. The fraction of sp³-hybridized carbons (Fsp3) is 0.667. The molecule has 1 atom stereocenters. The van der Waals surface area contributed by atoms with Gasteiger partial charge in [0.2, 0.25) is 0 Å². The van der Waals surface area contributed by atoms with Crippen LogP contribution in [0.3, 0.4) is 0 Å². The average Bonchev–Trinajstić information content (AvgIpc) is 2.71. The standard InChI is InChI=1S/C21H35N3O3/c1-2-3-13-23-21(26)24-15-11-18(12-16-24)22-14-7-8-19(25)17-27-20-9-5-4-6-10-20/h4-6,9-10,18-19,22,25H,2-3,7-8,11-17H2,1H3,(H,23,26). The van der Waals surface area contributed by atoms with Crippen LogP contribution in [0.1, 0.15) is 45.4 Å². The van der Waals surface area contributed by atoms with E-state index in [0.29, 0.717) is 12.6 Å². The third-order valence-corrected chi connectivity index (χ3v) is 4.92. The second-order valence-electron chi connectivity index (χ2n) is 7.22. The number of amides is 2. The smallest absolute Gasteiger partial charge is 0.317 e. The van der Waals surface area contributed by atoms with Crippen LogP contribution in [0.25, 0.3) is 0 Å². The predicted octanol–water partition coefficient (Wildman–Crippen LogP) is 2.77. The Hall–Kier alpha value is -1.79. The van der Waals surface area contributed by atoms with Crippen molar-refractivity contribution >= 4 is 6.03 Å². The lowest BCUT2D eigenvalue weighted by molar-refractivity contribution is 0.0976. The Balaban J connectivity index is 1.49. The summed E-state index contributed by atoms with van der Waals surface area (Å²) in [6, 6.07) is 10.1. The number of carbonyl (C=O) groups is 1. The van der Waals surface area contributed by atoms with Crippen LogP contribution in [-0.4, -0.2) is 61.0 Å². The number of carbonyl (C=O) groups excluding carboxylic acids is 1. The fourth-order valence-corrected chi connectivity index (χ4v) is 3.21. The zero-order valence-corrected chi connectivity index (χ0v) is 16.5. The number of unbranched alkanes of at least 4 members (excludes halogenated alkanes) is 1. The van der Waals surface area contributed by atoms with Gasteiger partial charge in [-0.25, -0.2) is 4.79 Å². The molecule has 1 saturated heterocycles. The summed E-state index contributed by atoms with van der Waals surface area (Å²) in [5.74, 6) is 0.792. The van der Waals surface area contributed by atoms with Gasteiger partial charge in [0.15, 0.2) is 0 Å². The number of aliphatic hydroxyl groups is 1. The summed E-state index contributed by atoms with van der Waals surface area (Å²) < 4.78 is 5.57. The molecule has 0 radical (unpaired) electrons. The first kappa shape index (κ1) is 21.5. The van der Waals surface area contributed by atoms with E-state index < -0.39 is 6.10 Å². The lowest BCUT2D eigenvalue weighted by Gasteiger charge is -2.32. The number of aliphatic hydroxyl groups excluding tert-OH is 1. The van der Waals surface area contributed by atoms with Crippen molar-refractivity contribution < 1.29 is 14.6 Å². The van der Waals surface area contributed by atoms with Gasteiger partial charge in [-0.2, -0.15) is 0 Å². The van der Waals surface area contributed by atoms with E-state index in [-0.39, 0.29) is 6.03 Å². The summed E-state index contributed by atoms with van der Waals surface area (Å²) in [6.45, 7) is 5.72. The van der Waals surface area contributed by atoms with Gasteiger partial charge in [-0.3, -0.25) is 0 Å². The minimum atomic E-state index is -0.444. The van der Waals surface area contributed by atoms with Crippen LogP contribution in [0.15, 0.2) is 30.3 Å². The maximum Gasteiger partial charge on any atom is 0.317 e. The molecule has 6 heteroatoms. The van der Waals surface area contributed by atoms with Gasteiger partial charge in [0.05, 0.1) is 6.10 Å². The Bertz CT molecular complexity index is 519. The number of benzene rings is 1. The van der Waals surface area contributed by atoms with Gasteiger partial charge in [0.25, 0.3) is 0 Å². The molecule has 1 aliphatic rings. The van der Waals surface area contributed by atoms with Crippen molar-refractivity contribution in [3.63, 3.8) is 0 Å². The molecular weight excluding hydrogens is 342 g/mol. The van der Waals surface area contributed by atoms with Crippen molar-refractivity contribution in [2.24, 2.45) is 0 Å². The molecule has 27 heavy (non-hydrogen) atoms. The second-order valence-corrected chi connectivity index (χ2v) is 7.22. The molecule has 1 aromatic carbocycles. The predicted molar refractivity (Wildman–Crippen MR) is 108 cm³/mol. The Labute approximate surface area is 163 Å². The molecule has 0 bridgehead atoms. The molecule has 1 heterocycles. The van der Waals surface area contributed by atoms with Crippen molar-refractivity contribution in [3.8, 4) is 5.75 Å². The van der Waals surface area contributed by atoms with E-state index in [2.05, 4.69) is 17.6 Å². The summed E-state index contributed by atoms with van der Waals surface area (Å²) in [6.07, 6.45) is 5.29. The molecule has 0 spiro atoms. The van der Waals surface area contributed by atoms with Crippen molar-refractivity contribution in [2.75, 3.05) is 32.8 Å². The molecule has 0 aliphatic carbocycles.